The number of carbonyl (C=O) groups is 2. The molecular formula is C29H32FN5O5. The zero-order valence-corrected chi connectivity index (χ0v) is 22.3. The second-order valence-corrected chi connectivity index (χ2v) is 10.4. The lowest BCUT2D eigenvalue weighted by Crippen LogP contribution is -2.42. The third-order valence-electron chi connectivity index (χ3n) is 7.83. The maximum atomic E-state index is 14.6. The Balaban J connectivity index is 1.47. The van der Waals surface area contributed by atoms with E-state index in [-0.39, 0.29) is 29.6 Å². The molecule has 210 valence electrons. The average Bonchev–Trinajstić information content (AvgIpc) is 3.35. The highest BCUT2D eigenvalue weighted by Gasteiger charge is 2.34. The van der Waals surface area contributed by atoms with E-state index in [4.69, 9.17) is 14.2 Å². The van der Waals surface area contributed by atoms with Crippen LogP contribution in [0, 0.1) is 11.7 Å². The van der Waals surface area contributed by atoms with Crippen LogP contribution in [-0.4, -0.2) is 66.8 Å². The van der Waals surface area contributed by atoms with Crippen LogP contribution in [0.1, 0.15) is 47.7 Å². The summed E-state index contributed by atoms with van der Waals surface area (Å²) in [6, 6.07) is 6.44. The molecule has 11 heteroatoms. The molecule has 3 N–H and O–H groups in total. The molecule has 0 aliphatic carbocycles. The molecule has 2 unspecified atom stereocenters. The largest absolute Gasteiger partial charge is 0.492 e. The topological polar surface area (TPSA) is 118 Å². The van der Waals surface area contributed by atoms with Crippen molar-refractivity contribution in [2.24, 2.45) is 5.92 Å². The number of methoxy groups -OCH3 is 1. The summed E-state index contributed by atoms with van der Waals surface area (Å²) in [4.78, 5) is 35.6. The maximum absolute atomic E-state index is 14.6. The highest BCUT2D eigenvalue weighted by molar-refractivity contribution is 6.07. The number of carbonyl (C=O) groups excluding carboxylic acids is 2. The minimum absolute atomic E-state index is 0.0458. The summed E-state index contributed by atoms with van der Waals surface area (Å²) in [6.07, 6.45) is 6.16. The molecule has 1 fully saturated rings. The molecule has 2 aromatic heterocycles. The molecule has 0 spiro atoms. The highest BCUT2D eigenvalue weighted by Crippen LogP contribution is 2.44. The molecule has 2 atom stereocenters. The van der Waals surface area contributed by atoms with Gasteiger partial charge in [-0.3, -0.25) is 9.78 Å². The van der Waals surface area contributed by atoms with Crippen molar-refractivity contribution >= 4 is 23.4 Å². The van der Waals surface area contributed by atoms with Crippen LogP contribution in [0.25, 0.3) is 11.3 Å². The fourth-order valence-corrected chi connectivity index (χ4v) is 5.85. The number of nitrogens with one attached hydrogen (secondary N) is 3. The van der Waals surface area contributed by atoms with Crippen molar-refractivity contribution in [3.05, 3.63) is 53.7 Å². The van der Waals surface area contributed by atoms with Crippen LogP contribution in [-0.2, 0) is 4.74 Å². The van der Waals surface area contributed by atoms with Crippen LogP contribution in [0.15, 0.2) is 36.7 Å². The maximum Gasteiger partial charge on any atom is 0.409 e. The number of amides is 2. The number of piperidine rings is 1. The molecule has 5 heterocycles. The van der Waals surface area contributed by atoms with Crippen molar-refractivity contribution < 1.29 is 28.2 Å². The lowest BCUT2D eigenvalue weighted by molar-refractivity contribution is 0.0741. The van der Waals surface area contributed by atoms with Gasteiger partial charge in [0.25, 0.3) is 5.91 Å². The van der Waals surface area contributed by atoms with Crippen molar-refractivity contribution in [2.45, 2.75) is 31.6 Å². The molecule has 2 amide bonds. The summed E-state index contributed by atoms with van der Waals surface area (Å²) in [6.45, 7) is 2.37. The van der Waals surface area contributed by atoms with Crippen LogP contribution in [0.4, 0.5) is 20.6 Å². The number of fused-ring (bicyclic) bond motifs is 5. The van der Waals surface area contributed by atoms with Crippen LogP contribution in [0.2, 0.25) is 0 Å². The number of pyridine rings is 1. The van der Waals surface area contributed by atoms with Crippen LogP contribution < -0.4 is 20.1 Å². The van der Waals surface area contributed by atoms with Crippen molar-refractivity contribution in [1.29, 1.82) is 0 Å². The number of aromatic nitrogens is 2. The van der Waals surface area contributed by atoms with E-state index in [0.717, 1.165) is 18.5 Å². The monoisotopic (exact) mass is 549 g/mol. The number of benzene rings is 1. The number of ether oxygens (including phenoxy) is 3. The minimum Gasteiger partial charge on any atom is -0.492 e. The van der Waals surface area contributed by atoms with Gasteiger partial charge in [0, 0.05) is 48.9 Å². The van der Waals surface area contributed by atoms with Gasteiger partial charge in [-0.25, -0.2) is 9.18 Å². The van der Waals surface area contributed by atoms with Gasteiger partial charge in [0.2, 0.25) is 0 Å². The van der Waals surface area contributed by atoms with Crippen molar-refractivity contribution in [1.82, 2.24) is 20.2 Å². The van der Waals surface area contributed by atoms with Crippen LogP contribution in [0.5, 0.6) is 11.5 Å². The first-order valence-corrected chi connectivity index (χ1v) is 13.7. The number of para-hydroxylation sites is 1. The van der Waals surface area contributed by atoms with Crippen molar-refractivity contribution in [3.8, 4) is 22.8 Å². The summed E-state index contributed by atoms with van der Waals surface area (Å²) < 4.78 is 31.9. The molecule has 1 saturated heterocycles. The number of rotatable bonds is 3. The third kappa shape index (κ3) is 4.91. The van der Waals surface area contributed by atoms with Gasteiger partial charge in [-0.1, -0.05) is 6.07 Å². The van der Waals surface area contributed by atoms with E-state index in [9.17, 15) is 14.0 Å². The number of H-pyrrole nitrogens is 1. The summed E-state index contributed by atoms with van der Waals surface area (Å²) in [7, 11) is 1.40. The van der Waals surface area contributed by atoms with Gasteiger partial charge in [-0.15, -0.1) is 0 Å². The normalized spacial score (nSPS) is 21.0. The fourth-order valence-electron chi connectivity index (χ4n) is 5.85. The Bertz CT molecular complexity index is 1430. The number of nitrogens with zero attached hydrogens (tertiary/aromatic N) is 2. The van der Waals surface area contributed by atoms with Crippen molar-refractivity contribution in [2.75, 3.05) is 45.3 Å². The molecule has 0 radical (unpaired) electrons. The van der Waals surface area contributed by atoms with Crippen LogP contribution >= 0.6 is 0 Å². The summed E-state index contributed by atoms with van der Waals surface area (Å²) in [5.41, 5.74) is 3.45. The lowest BCUT2D eigenvalue weighted by Gasteiger charge is -2.32. The van der Waals surface area contributed by atoms with Gasteiger partial charge < -0.3 is 34.7 Å². The Hall–Kier alpha value is -4.28. The molecule has 3 aromatic rings. The lowest BCUT2D eigenvalue weighted by atomic mass is 9.92. The number of anilines is 2. The van der Waals surface area contributed by atoms with Gasteiger partial charge in [0.05, 0.1) is 49.2 Å². The first kappa shape index (κ1) is 26.0. The predicted octanol–water partition coefficient (Wildman–Crippen LogP) is 4.82. The van der Waals surface area contributed by atoms with Gasteiger partial charge >= 0.3 is 6.09 Å². The number of halogens is 1. The van der Waals surface area contributed by atoms with Gasteiger partial charge in [-0.05, 0) is 43.9 Å². The summed E-state index contributed by atoms with van der Waals surface area (Å²) in [5.74, 6) is -0.0788. The molecule has 3 aliphatic heterocycles. The molecule has 10 nitrogen and oxygen atoms in total. The smallest absolute Gasteiger partial charge is 0.409 e. The molecule has 3 aliphatic rings. The Morgan fingerprint density at radius 3 is 2.95 bits per heavy atom. The first-order chi connectivity index (χ1) is 19.5. The Kier molecular flexibility index (Phi) is 7.19. The van der Waals surface area contributed by atoms with E-state index in [2.05, 4.69) is 20.6 Å². The fraction of sp³-hybridized carbons (Fsp3) is 0.414. The second kappa shape index (κ2) is 11.1. The van der Waals surface area contributed by atoms with Gasteiger partial charge in [-0.2, -0.15) is 0 Å². The number of cyclic esters (lactones) is 1. The van der Waals surface area contributed by atoms with E-state index in [1.165, 1.54) is 13.2 Å². The van der Waals surface area contributed by atoms with E-state index < -0.39 is 5.82 Å². The number of aromatic amines is 1. The molecule has 6 rings (SSSR count). The summed E-state index contributed by atoms with van der Waals surface area (Å²) >= 11 is 0. The quantitative estimate of drug-likeness (QED) is 0.429. The molecule has 0 saturated carbocycles. The van der Waals surface area contributed by atoms with Crippen molar-refractivity contribution in [3.63, 3.8) is 0 Å². The SMILES string of the molecule is COc1c(F)cccc1Nc1c2[nH]c3c1C(=O)NCC3CCCOC(=O)N1CCCC(COc3cnccc3-2)C1. The summed E-state index contributed by atoms with van der Waals surface area (Å²) in [5, 5.41) is 6.29. The highest BCUT2D eigenvalue weighted by atomic mass is 19.1. The van der Waals surface area contributed by atoms with Gasteiger partial charge in [0.15, 0.2) is 11.6 Å². The number of hydrogen-bond donors (Lipinski definition) is 3. The second-order valence-electron chi connectivity index (χ2n) is 10.4. The molecule has 1 aromatic carbocycles. The van der Waals surface area contributed by atoms with E-state index in [1.807, 2.05) is 6.07 Å². The van der Waals surface area contributed by atoms with E-state index in [1.54, 1.807) is 29.4 Å². The van der Waals surface area contributed by atoms with Crippen LogP contribution in [0.3, 0.4) is 0 Å². The Morgan fingerprint density at radius 1 is 1.18 bits per heavy atom. The minimum atomic E-state index is -0.518. The van der Waals surface area contributed by atoms with Gasteiger partial charge in [0.1, 0.15) is 5.75 Å². The predicted molar refractivity (Wildman–Crippen MR) is 146 cm³/mol. The zero-order valence-electron chi connectivity index (χ0n) is 22.3. The number of hydrogen-bond acceptors (Lipinski definition) is 7. The average molecular weight is 550 g/mol. The first-order valence-electron chi connectivity index (χ1n) is 13.7. The zero-order chi connectivity index (χ0) is 27.6. The Morgan fingerprint density at radius 2 is 2.08 bits per heavy atom. The van der Waals surface area contributed by atoms with E-state index >= 15 is 0 Å². The standard InChI is InChI=1S/C29H32FN5O5/c1-38-27-20(30)7-2-8-21(27)33-26-23-24-18(13-32-28(23)36)6-4-12-39-29(37)35-11-3-5-17(15-35)16-40-22-14-31-10-9-19(22)25(26)34-24/h2,7-10,14,17-18,33-34H,3-6,11-13,15-16H2,1H3,(H,32,36). The Labute approximate surface area is 231 Å². The molecular weight excluding hydrogens is 517 g/mol. The van der Waals surface area contributed by atoms with E-state index in [0.29, 0.717) is 79.6 Å². The third-order valence-corrected chi connectivity index (χ3v) is 7.83. The molecule has 4 bridgehead atoms. The molecule has 40 heavy (non-hydrogen) atoms.